The molecule has 1 aliphatic rings. The summed E-state index contributed by atoms with van der Waals surface area (Å²) in [5.74, 6) is -0.870. The van der Waals surface area contributed by atoms with Gasteiger partial charge in [-0.05, 0) is 59.3 Å². The van der Waals surface area contributed by atoms with Gasteiger partial charge >= 0.3 is 0 Å². The first kappa shape index (κ1) is 23.5. The number of carbonyl (C=O) groups excluding carboxylic acids is 2. The number of hydrogen-bond acceptors (Lipinski definition) is 6. The molecule has 5 rings (SSSR count). The Labute approximate surface area is 213 Å². The van der Waals surface area contributed by atoms with E-state index >= 15 is 0 Å². The lowest BCUT2D eigenvalue weighted by Gasteiger charge is -2.24. The second-order valence-corrected chi connectivity index (χ2v) is 9.53. The highest BCUT2D eigenvalue weighted by atomic mass is 32.1. The number of pyridine rings is 1. The van der Waals surface area contributed by atoms with Crippen molar-refractivity contribution in [3.05, 3.63) is 123 Å². The standard InChI is InChI=1S/C29H24N2O4S/c1-19-15-22(35-18-20-7-3-2-4-8-20)11-12-23(19)27(32)25-26(24-10-6-14-36-24)31(29(34)28(25)33)17-21-9-5-13-30-16-21/h2-16,26,32H,17-18H2,1H3/t26-/m1/s1. The largest absolute Gasteiger partial charge is 0.507 e. The number of amides is 1. The summed E-state index contributed by atoms with van der Waals surface area (Å²) in [6.45, 7) is 2.47. The highest BCUT2D eigenvalue weighted by molar-refractivity contribution is 7.10. The lowest BCUT2D eigenvalue weighted by molar-refractivity contribution is -0.140. The molecule has 3 heterocycles. The van der Waals surface area contributed by atoms with Crippen LogP contribution in [0.25, 0.3) is 5.76 Å². The molecule has 1 saturated heterocycles. The lowest BCUT2D eigenvalue weighted by Crippen LogP contribution is -2.28. The minimum Gasteiger partial charge on any atom is -0.507 e. The molecule has 0 saturated carbocycles. The number of ether oxygens (including phenoxy) is 1. The Hall–Kier alpha value is -4.23. The average molecular weight is 497 g/mol. The molecule has 4 aromatic rings. The van der Waals surface area contributed by atoms with Gasteiger partial charge in [-0.1, -0.05) is 42.5 Å². The summed E-state index contributed by atoms with van der Waals surface area (Å²) in [5.41, 5.74) is 3.17. The molecule has 2 aromatic carbocycles. The van der Waals surface area contributed by atoms with Crippen molar-refractivity contribution in [2.45, 2.75) is 26.1 Å². The molecule has 1 amide bonds. The fourth-order valence-electron chi connectivity index (χ4n) is 4.35. The number of hydrogen-bond donors (Lipinski definition) is 1. The fraction of sp³-hybridized carbons (Fsp3) is 0.138. The zero-order valence-electron chi connectivity index (χ0n) is 19.6. The Morgan fingerprint density at radius 1 is 1.03 bits per heavy atom. The van der Waals surface area contributed by atoms with Crippen LogP contribution in [0.15, 0.2) is 96.1 Å². The number of carbonyl (C=O) groups is 2. The van der Waals surface area contributed by atoms with Gasteiger partial charge in [-0.2, -0.15) is 0 Å². The molecule has 6 nitrogen and oxygen atoms in total. The van der Waals surface area contributed by atoms with Crippen LogP contribution in [0.4, 0.5) is 0 Å². The maximum Gasteiger partial charge on any atom is 0.295 e. The summed E-state index contributed by atoms with van der Waals surface area (Å²) in [7, 11) is 0. The van der Waals surface area contributed by atoms with Crippen molar-refractivity contribution < 1.29 is 19.4 Å². The Balaban J connectivity index is 1.49. The molecule has 0 aliphatic carbocycles. The van der Waals surface area contributed by atoms with Gasteiger partial charge in [-0.3, -0.25) is 14.6 Å². The molecule has 180 valence electrons. The number of aromatic nitrogens is 1. The molecule has 0 spiro atoms. The molecule has 1 N–H and O–H groups in total. The molecule has 36 heavy (non-hydrogen) atoms. The Bertz CT molecular complexity index is 1420. The van der Waals surface area contributed by atoms with Crippen LogP contribution in [0.2, 0.25) is 0 Å². The van der Waals surface area contributed by atoms with Gasteiger partial charge in [0.1, 0.15) is 18.1 Å². The summed E-state index contributed by atoms with van der Waals surface area (Å²) >= 11 is 1.44. The molecule has 0 unspecified atom stereocenters. The van der Waals surface area contributed by atoms with E-state index in [-0.39, 0.29) is 17.9 Å². The van der Waals surface area contributed by atoms with Crippen molar-refractivity contribution in [3.8, 4) is 5.75 Å². The Morgan fingerprint density at radius 2 is 1.83 bits per heavy atom. The number of ketones is 1. The van der Waals surface area contributed by atoms with Crippen LogP contribution in [-0.2, 0) is 22.7 Å². The van der Waals surface area contributed by atoms with E-state index in [1.54, 1.807) is 30.6 Å². The molecular formula is C29H24N2O4S. The van der Waals surface area contributed by atoms with Crippen molar-refractivity contribution >= 4 is 28.8 Å². The first-order valence-corrected chi connectivity index (χ1v) is 12.4. The summed E-state index contributed by atoms with van der Waals surface area (Å²) in [6.07, 6.45) is 3.33. The Morgan fingerprint density at radius 3 is 2.53 bits per heavy atom. The zero-order chi connectivity index (χ0) is 25.1. The number of aliphatic hydroxyl groups is 1. The van der Waals surface area contributed by atoms with Crippen LogP contribution >= 0.6 is 11.3 Å². The molecule has 1 aliphatic heterocycles. The van der Waals surface area contributed by atoms with E-state index in [1.807, 2.05) is 66.9 Å². The van der Waals surface area contributed by atoms with E-state index in [2.05, 4.69) is 4.98 Å². The van der Waals surface area contributed by atoms with Gasteiger partial charge in [0.05, 0.1) is 11.6 Å². The maximum atomic E-state index is 13.2. The molecule has 1 fully saturated rings. The number of nitrogens with zero attached hydrogens (tertiary/aromatic N) is 2. The number of Topliss-reactive ketones (excluding diaryl/α,β-unsaturated/α-hetero) is 1. The summed E-state index contributed by atoms with van der Waals surface area (Å²) in [6, 6.07) is 21.9. The van der Waals surface area contributed by atoms with E-state index < -0.39 is 17.7 Å². The highest BCUT2D eigenvalue weighted by Crippen LogP contribution is 2.42. The van der Waals surface area contributed by atoms with Crippen molar-refractivity contribution in [1.29, 1.82) is 0 Å². The number of aliphatic hydroxyl groups excluding tert-OH is 1. The highest BCUT2D eigenvalue weighted by Gasteiger charge is 2.46. The normalized spacial score (nSPS) is 16.9. The van der Waals surface area contributed by atoms with E-state index in [0.717, 1.165) is 21.6 Å². The molecule has 0 bridgehead atoms. The monoisotopic (exact) mass is 496 g/mol. The third kappa shape index (κ3) is 4.65. The topological polar surface area (TPSA) is 79.7 Å². The van der Waals surface area contributed by atoms with Crippen LogP contribution in [0.5, 0.6) is 5.75 Å². The van der Waals surface area contributed by atoms with Gasteiger partial charge in [-0.15, -0.1) is 11.3 Å². The SMILES string of the molecule is Cc1cc(OCc2ccccc2)ccc1C(O)=C1C(=O)C(=O)N(Cc2cccnc2)[C@@H]1c1cccs1. The molecule has 0 radical (unpaired) electrons. The number of benzene rings is 2. The second-order valence-electron chi connectivity index (χ2n) is 8.55. The van der Waals surface area contributed by atoms with Crippen LogP contribution < -0.4 is 4.74 Å². The summed E-state index contributed by atoms with van der Waals surface area (Å²) in [5, 5.41) is 13.3. The van der Waals surface area contributed by atoms with Crippen LogP contribution in [0.1, 0.15) is 33.2 Å². The fourth-order valence-corrected chi connectivity index (χ4v) is 5.20. The van der Waals surface area contributed by atoms with Gasteiger partial charge in [0.25, 0.3) is 11.7 Å². The van der Waals surface area contributed by atoms with Crippen LogP contribution in [-0.4, -0.2) is 26.7 Å². The van der Waals surface area contributed by atoms with E-state index in [9.17, 15) is 14.7 Å². The summed E-state index contributed by atoms with van der Waals surface area (Å²) in [4.78, 5) is 32.8. The average Bonchev–Trinajstić information content (AvgIpc) is 3.51. The van der Waals surface area contributed by atoms with Crippen LogP contribution in [0.3, 0.4) is 0 Å². The molecule has 7 heteroatoms. The minimum atomic E-state index is -0.696. The number of rotatable bonds is 7. The smallest absolute Gasteiger partial charge is 0.295 e. The second kappa shape index (κ2) is 10.2. The predicted octanol–water partition coefficient (Wildman–Crippen LogP) is 5.65. The van der Waals surface area contributed by atoms with Crippen molar-refractivity contribution in [1.82, 2.24) is 9.88 Å². The van der Waals surface area contributed by atoms with E-state index in [0.29, 0.717) is 17.9 Å². The Kier molecular flexibility index (Phi) is 6.64. The van der Waals surface area contributed by atoms with E-state index in [1.165, 1.54) is 16.2 Å². The van der Waals surface area contributed by atoms with Gasteiger partial charge < -0.3 is 14.7 Å². The number of aryl methyl sites for hydroxylation is 1. The van der Waals surface area contributed by atoms with Gasteiger partial charge in [0.2, 0.25) is 0 Å². The lowest BCUT2D eigenvalue weighted by atomic mass is 9.97. The van der Waals surface area contributed by atoms with Crippen LogP contribution in [0, 0.1) is 6.92 Å². The third-order valence-electron chi connectivity index (χ3n) is 6.13. The van der Waals surface area contributed by atoms with Gasteiger partial charge in [-0.25, -0.2) is 0 Å². The third-order valence-corrected chi connectivity index (χ3v) is 7.05. The van der Waals surface area contributed by atoms with Gasteiger partial charge in [0.15, 0.2) is 0 Å². The quantitative estimate of drug-likeness (QED) is 0.203. The first-order valence-electron chi connectivity index (χ1n) is 11.5. The van der Waals surface area contributed by atoms with E-state index in [4.69, 9.17) is 4.74 Å². The van der Waals surface area contributed by atoms with Gasteiger partial charge in [0, 0.05) is 29.4 Å². The van der Waals surface area contributed by atoms with Crippen molar-refractivity contribution in [2.24, 2.45) is 0 Å². The molecular weight excluding hydrogens is 472 g/mol. The summed E-state index contributed by atoms with van der Waals surface area (Å²) < 4.78 is 5.90. The number of likely N-dealkylation sites (tertiary alicyclic amines) is 1. The zero-order valence-corrected chi connectivity index (χ0v) is 20.4. The van der Waals surface area contributed by atoms with Crippen molar-refractivity contribution in [2.75, 3.05) is 0 Å². The maximum absolute atomic E-state index is 13.2. The first-order chi connectivity index (χ1) is 17.5. The minimum absolute atomic E-state index is 0.0902. The molecule has 2 aromatic heterocycles. The number of thiophene rings is 1. The molecule has 1 atom stereocenters. The predicted molar refractivity (Wildman–Crippen MR) is 138 cm³/mol. The van der Waals surface area contributed by atoms with Crippen molar-refractivity contribution in [3.63, 3.8) is 0 Å².